The first-order valence-electron chi connectivity index (χ1n) is 10.3. The first kappa shape index (κ1) is 21.7. The molecule has 0 atom stereocenters. The molecule has 7 nitrogen and oxygen atoms in total. The van der Waals surface area contributed by atoms with E-state index in [2.05, 4.69) is 10.0 Å². The minimum absolute atomic E-state index is 0.0808. The second-order valence-electron chi connectivity index (χ2n) is 7.55. The molecule has 2 N–H and O–H groups in total. The molecular weight excluding hydrogens is 428 g/mol. The molecule has 3 aromatic rings. The number of hydrogen-bond acceptors (Lipinski definition) is 5. The van der Waals surface area contributed by atoms with Crippen molar-refractivity contribution >= 4 is 27.3 Å². The number of aryl methyl sites for hydroxylation is 1. The van der Waals surface area contributed by atoms with E-state index in [4.69, 9.17) is 9.47 Å². The van der Waals surface area contributed by atoms with Crippen molar-refractivity contribution in [3.8, 4) is 11.5 Å². The third-order valence-electron chi connectivity index (χ3n) is 4.94. The van der Waals surface area contributed by atoms with Gasteiger partial charge in [0.25, 0.3) is 10.0 Å². The summed E-state index contributed by atoms with van der Waals surface area (Å²) in [5, 5.41) is 2.82. The topological polar surface area (TPSA) is 93.7 Å². The highest BCUT2D eigenvalue weighted by Gasteiger charge is 2.19. The van der Waals surface area contributed by atoms with E-state index < -0.39 is 10.0 Å². The molecule has 8 heteroatoms. The maximum atomic E-state index is 12.8. The maximum absolute atomic E-state index is 12.8. The zero-order chi connectivity index (χ0) is 22.6. The van der Waals surface area contributed by atoms with Crippen LogP contribution in [0, 0.1) is 6.92 Å². The molecule has 0 radical (unpaired) electrons. The summed E-state index contributed by atoms with van der Waals surface area (Å²) in [6.45, 7) is 3.00. The average molecular weight is 453 g/mol. The molecule has 1 aliphatic heterocycles. The summed E-state index contributed by atoms with van der Waals surface area (Å²) in [6, 6.07) is 18.8. The number of carbonyl (C=O) groups is 1. The van der Waals surface area contributed by atoms with Crippen molar-refractivity contribution in [2.75, 3.05) is 23.3 Å². The lowest BCUT2D eigenvalue weighted by Crippen LogP contribution is -2.15. The van der Waals surface area contributed by atoms with E-state index in [1.807, 2.05) is 31.2 Å². The molecular formula is C24H24N2O5S. The summed E-state index contributed by atoms with van der Waals surface area (Å²) < 4.78 is 39.2. The molecule has 32 heavy (non-hydrogen) atoms. The van der Waals surface area contributed by atoms with E-state index >= 15 is 0 Å². The van der Waals surface area contributed by atoms with Crippen LogP contribution in [0.4, 0.5) is 11.4 Å². The lowest BCUT2D eigenvalue weighted by molar-refractivity contribution is -0.115. The molecule has 1 amide bonds. The molecule has 0 aromatic heterocycles. The molecule has 166 valence electrons. The Bertz CT molecular complexity index is 1210. The summed E-state index contributed by atoms with van der Waals surface area (Å²) >= 11 is 0. The Morgan fingerprint density at radius 3 is 2.25 bits per heavy atom. The van der Waals surface area contributed by atoms with Gasteiger partial charge in [-0.05, 0) is 48.9 Å². The van der Waals surface area contributed by atoms with Crippen molar-refractivity contribution < 1.29 is 22.7 Å². The number of amides is 1. The molecule has 1 aliphatic rings. The fourth-order valence-electron chi connectivity index (χ4n) is 3.24. The summed E-state index contributed by atoms with van der Waals surface area (Å²) in [5.74, 6) is 0.804. The van der Waals surface area contributed by atoms with Gasteiger partial charge in [-0.25, -0.2) is 8.42 Å². The third kappa shape index (κ3) is 5.39. The Morgan fingerprint density at radius 2 is 1.53 bits per heavy atom. The summed E-state index contributed by atoms with van der Waals surface area (Å²) in [7, 11) is -3.81. The first-order chi connectivity index (χ1) is 15.4. The van der Waals surface area contributed by atoms with Gasteiger partial charge in [0.2, 0.25) is 5.91 Å². The Labute approximate surface area is 187 Å². The Balaban J connectivity index is 1.40. The number of anilines is 2. The van der Waals surface area contributed by atoms with Crippen LogP contribution in [-0.4, -0.2) is 27.5 Å². The Morgan fingerprint density at radius 1 is 0.875 bits per heavy atom. The van der Waals surface area contributed by atoms with Crippen LogP contribution >= 0.6 is 0 Å². The van der Waals surface area contributed by atoms with Crippen LogP contribution in [0.2, 0.25) is 0 Å². The van der Waals surface area contributed by atoms with E-state index in [0.717, 1.165) is 17.5 Å². The normalized spacial score (nSPS) is 13.2. The lowest BCUT2D eigenvalue weighted by atomic mass is 10.1. The molecule has 0 fully saturated rings. The van der Waals surface area contributed by atoms with Crippen molar-refractivity contribution in [3.05, 3.63) is 77.9 Å². The van der Waals surface area contributed by atoms with Gasteiger partial charge in [0.05, 0.1) is 24.5 Å². The number of hydrogen-bond donors (Lipinski definition) is 2. The predicted molar refractivity (Wildman–Crippen MR) is 123 cm³/mol. The fraction of sp³-hybridized carbons (Fsp3) is 0.208. The summed E-state index contributed by atoms with van der Waals surface area (Å²) in [4.78, 5) is 12.3. The van der Waals surface area contributed by atoms with Crippen molar-refractivity contribution in [1.29, 1.82) is 0 Å². The highest BCUT2D eigenvalue weighted by Crippen LogP contribution is 2.32. The van der Waals surface area contributed by atoms with Gasteiger partial charge in [-0.2, -0.15) is 0 Å². The van der Waals surface area contributed by atoms with E-state index in [0.29, 0.717) is 36.1 Å². The highest BCUT2D eigenvalue weighted by molar-refractivity contribution is 7.92. The number of rotatable bonds is 6. The van der Waals surface area contributed by atoms with Crippen LogP contribution < -0.4 is 19.5 Å². The molecule has 0 saturated carbocycles. The van der Waals surface area contributed by atoms with Crippen LogP contribution in [0.1, 0.15) is 17.5 Å². The summed E-state index contributed by atoms with van der Waals surface area (Å²) in [5.41, 5.74) is 3.03. The highest BCUT2D eigenvalue weighted by atomic mass is 32.2. The molecule has 0 saturated heterocycles. The zero-order valence-electron chi connectivity index (χ0n) is 17.6. The predicted octanol–water partition coefficient (Wildman–Crippen LogP) is 4.14. The van der Waals surface area contributed by atoms with Gasteiger partial charge in [0.15, 0.2) is 11.5 Å². The van der Waals surface area contributed by atoms with Gasteiger partial charge in [-0.15, -0.1) is 0 Å². The van der Waals surface area contributed by atoms with Gasteiger partial charge >= 0.3 is 0 Å². The molecule has 1 heterocycles. The first-order valence-corrected chi connectivity index (χ1v) is 11.8. The second-order valence-corrected chi connectivity index (χ2v) is 9.23. The SMILES string of the molecule is Cc1ccc(CC(=O)Nc2ccc(NS(=O)(=O)c3ccc4c(c3)OCCCO4)cc2)cc1. The Hall–Kier alpha value is -3.52. The third-order valence-corrected chi connectivity index (χ3v) is 6.31. The van der Waals surface area contributed by atoms with E-state index in [1.165, 1.54) is 12.1 Å². The molecule has 3 aromatic carbocycles. The molecule has 0 spiro atoms. The standard InChI is InChI=1S/C24H24N2O5S/c1-17-3-5-18(6-4-17)15-24(27)25-19-7-9-20(10-8-19)26-32(28,29)21-11-12-22-23(16-21)31-14-2-13-30-22/h3-12,16,26H,2,13-15H2,1H3,(H,25,27). The van der Waals surface area contributed by atoms with Gasteiger partial charge in [-0.3, -0.25) is 9.52 Å². The van der Waals surface area contributed by atoms with Gasteiger partial charge in [0.1, 0.15) is 0 Å². The zero-order valence-corrected chi connectivity index (χ0v) is 18.4. The van der Waals surface area contributed by atoms with Crippen molar-refractivity contribution in [3.63, 3.8) is 0 Å². The van der Waals surface area contributed by atoms with Crippen LogP contribution in [0.25, 0.3) is 0 Å². The molecule has 0 aliphatic carbocycles. The number of benzene rings is 3. The maximum Gasteiger partial charge on any atom is 0.262 e. The monoisotopic (exact) mass is 452 g/mol. The largest absolute Gasteiger partial charge is 0.490 e. The van der Waals surface area contributed by atoms with Gasteiger partial charge < -0.3 is 14.8 Å². The smallest absolute Gasteiger partial charge is 0.262 e. The summed E-state index contributed by atoms with van der Waals surface area (Å²) in [6.07, 6.45) is 1.00. The number of carbonyl (C=O) groups excluding carboxylic acids is 1. The van der Waals surface area contributed by atoms with Gasteiger partial charge in [-0.1, -0.05) is 29.8 Å². The van der Waals surface area contributed by atoms with Crippen LogP contribution in [0.3, 0.4) is 0 Å². The number of nitrogens with one attached hydrogen (secondary N) is 2. The fourth-order valence-corrected chi connectivity index (χ4v) is 4.32. The van der Waals surface area contributed by atoms with Crippen LogP contribution in [0.15, 0.2) is 71.6 Å². The van der Waals surface area contributed by atoms with E-state index in [-0.39, 0.29) is 17.2 Å². The number of fused-ring (bicyclic) bond motifs is 1. The van der Waals surface area contributed by atoms with Crippen molar-refractivity contribution in [1.82, 2.24) is 0 Å². The quantitative estimate of drug-likeness (QED) is 0.586. The number of sulfonamides is 1. The van der Waals surface area contributed by atoms with Gasteiger partial charge in [0, 0.05) is 23.9 Å². The van der Waals surface area contributed by atoms with Crippen LogP contribution in [-0.2, 0) is 21.2 Å². The lowest BCUT2D eigenvalue weighted by Gasteiger charge is -2.12. The Kier molecular flexibility index (Phi) is 6.32. The molecule has 4 rings (SSSR count). The second kappa shape index (κ2) is 9.32. The van der Waals surface area contributed by atoms with E-state index in [1.54, 1.807) is 30.3 Å². The average Bonchev–Trinajstić information content (AvgIpc) is 3.01. The minimum Gasteiger partial charge on any atom is -0.490 e. The van der Waals surface area contributed by atoms with Crippen molar-refractivity contribution in [2.45, 2.75) is 24.7 Å². The van der Waals surface area contributed by atoms with Crippen molar-refractivity contribution in [2.24, 2.45) is 0 Å². The molecule has 0 bridgehead atoms. The van der Waals surface area contributed by atoms with Crippen LogP contribution in [0.5, 0.6) is 11.5 Å². The van der Waals surface area contributed by atoms with E-state index in [9.17, 15) is 13.2 Å². The molecule has 0 unspecified atom stereocenters. The number of ether oxygens (including phenoxy) is 2. The minimum atomic E-state index is -3.81.